The second kappa shape index (κ2) is 7.14. The lowest BCUT2D eigenvalue weighted by molar-refractivity contribution is -0.691. The Balaban J connectivity index is 1.77. The zero-order valence-electron chi connectivity index (χ0n) is 12.0. The van der Waals surface area contributed by atoms with Crippen molar-refractivity contribution in [3.8, 4) is 11.5 Å². The highest BCUT2D eigenvalue weighted by atomic mass is 16.6. The molecule has 0 spiro atoms. The number of carbonyl (C=O) groups excluding carboxylic acids is 1. The molecule has 2 atom stereocenters. The molecule has 0 unspecified atom stereocenters. The summed E-state index contributed by atoms with van der Waals surface area (Å²) in [6.45, 7) is 5.56. The fraction of sp³-hybridized carbons (Fsp3) is 0.533. The first kappa shape index (κ1) is 14.7. The highest BCUT2D eigenvalue weighted by Gasteiger charge is 2.28. The van der Waals surface area contributed by atoms with Crippen LogP contribution in [0.3, 0.4) is 0 Å². The highest BCUT2D eigenvalue weighted by molar-refractivity contribution is 5.69. The van der Waals surface area contributed by atoms with Crippen LogP contribution in [-0.2, 0) is 9.53 Å². The molecule has 0 aromatic heterocycles. The van der Waals surface area contributed by atoms with Gasteiger partial charge < -0.3 is 19.5 Å². The van der Waals surface area contributed by atoms with Gasteiger partial charge in [-0.2, -0.15) is 0 Å². The van der Waals surface area contributed by atoms with E-state index in [1.165, 1.54) is 0 Å². The number of nitrogens with two attached hydrogens (primary N) is 1. The standard InChI is InChI=1S/C15H21NO4/c1-3-18-15(17)8-9-16-11(2)14-10-19-12-6-4-5-7-13(12)20-14/h4-7,11,14,16H,3,8-10H2,1-2H3/p+1/t11-,14+/m1/s1. The van der Waals surface area contributed by atoms with Crippen molar-refractivity contribution in [2.24, 2.45) is 0 Å². The van der Waals surface area contributed by atoms with Gasteiger partial charge in [-0.1, -0.05) is 12.1 Å². The molecule has 0 amide bonds. The predicted molar refractivity (Wildman–Crippen MR) is 73.9 cm³/mol. The maximum absolute atomic E-state index is 11.3. The van der Waals surface area contributed by atoms with Gasteiger partial charge in [0.05, 0.1) is 19.6 Å². The number of para-hydroxylation sites is 2. The Bertz CT molecular complexity index is 449. The lowest BCUT2D eigenvalue weighted by atomic mass is 10.1. The lowest BCUT2D eigenvalue weighted by Gasteiger charge is -2.29. The van der Waals surface area contributed by atoms with Crippen molar-refractivity contribution in [3.63, 3.8) is 0 Å². The van der Waals surface area contributed by atoms with E-state index in [2.05, 4.69) is 12.2 Å². The molecule has 0 bridgehead atoms. The van der Waals surface area contributed by atoms with Gasteiger partial charge in [-0.15, -0.1) is 0 Å². The first-order chi connectivity index (χ1) is 9.70. The fourth-order valence-electron chi connectivity index (χ4n) is 2.14. The van der Waals surface area contributed by atoms with Crippen LogP contribution in [0.1, 0.15) is 20.3 Å². The molecule has 0 radical (unpaired) electrons. The molecule has 1 aromatic carbocycles. The molecule has 2 N–H and O–H groups in total. The molecule has 5 nitrogen and oxygen atoms in total. The molecular weight excluding hydrogens is 258 g/mol. The average molecular weight is 280 g/mol. The third kappa shape index (κ3) is 3.87. The van der Waals surface area contributed by atoms with Crippen molar-refractivity contribution in [3.05, 3.63) is 24.3 Å². The number of quaternary nitrogens is 1. The van der Waals surface area contributed by atoms with E-state index in [-0.39, 0.29) is 18.1 Å². The maximum atomic E-state index is 11.3. The largest absolute Gasteiger partial charge is 0.486 e. The van der Waals surface area contributed by atoms with E-state index < -0.39 is 0 Å². The van der Waals surface area contributed by atoms with Gasteiger partial charge in [0.1, 0.15) is 12.6 Å². The summed E-state index contributed by atoms with van der Waals surface area (Å²) >= 11 is 0. The van der Waals surface area contributed by atoms with Crippen LogP contribution >= 0.6 is 0 Å². The summed E-state index contributed by atoms with van der Waals surface area (Å²) in [5.74, 6) is 1.43. The number of fused-ring (bicyclic) bond motifs is 1. The monoisotopic (exact) mass is 280 g/mol. The van der Waals surface area contributed by atoms with E-state index in [1.807, 2.05) is 31.2 Å². The Morgan fingerprint density at radius 2 is 2.20 bits per heavy atom. The van der Waals surface area contributed by atoms with Crippen LogP contribution in [-0.4, -0.2) is 37.9 Å². The Morgan fingerprint density at radius 1 is 1.45 bits per heavy atom. The summed E-state index contributed by atoms with van der Waals surface area (Å²) in [6.07, 6.45) is 0.412. The zero-order chi connectivity index (χ0) is 14.4. The van der Waals surface area contributed by atoms with Crippen molar-refractivity contribution < 1.29 is 24.3 Å². The molecule has 1 aromatic rings. The lowest BCUT2D eigenvalue weighted by Crippen LogP contribution is -2.92. The Labute approximate surface area is 119 Å². The minimum atomic E-state index is -0.151. The van der Waals surface area contributed by atoms with E-state index in [1.54, 1.807) is 0 Å². The first-order valence-corrected chi connectivity index (χ1v) is 7.08. The number of rotatable bonds is 6. The second-order valence-corrected chi connectivity index (χ2v) is 4.85. The van der Waals surface area contributed by atoms with Crippen LogP contribution in [0.25, 0.3) is 0 Å². The third-order valence-electron chi connectivity index (χ3n) is 3.31. The average Bonchev–Trinajstić information content (AvgIpc) is 2.47. The normalized spacial score (nSPS) is 18.4. The number of hydrogen-bond acceptors (Lipinski definition) is 4. The van der Waals surface area contributed by atoms with E-state index in [0.717, 1.165) is 11.5 Å². The molecule has 0 saturated heterocycles. The van der Waals surface area contributed by atoms with Gasteiger partial charge in [-0.3, -0.25) is 4.79 Å². The molecule has 2 rings (SSSR count). The number of ether oxygens (including phenoxy) is 3. The summed E-state index contributed by atoms with van der Waals surface area (Å²) in [6, 6.07) is 7.89. The number of benzene rings is 1. The van der Waals surface area contributed by atoms with E-state index in [9.17, 15) is 4.79 Å². The molecule has 20 heavy (non-hydrogen) atoms. The van der Waals surface area contributed by atoms with Crippen molar-refractivity contribution in [2.75, 3.05) is 19.8 Å². The van der Waals surface area contributed by atoms with Gasteiger partial charge >= 0.3 is 5.97 Å². The van der Waals surface area contributed by atoms with Gasteiger partial charge in [0.2, 0.25) is 0 Å². The molecule has 0 saturated carbocycles. The Kier molecular flexibility index (Phi) is 5.24. The number of esters is 1. The van der Waals surface area contributed by atoms with E-state index >= 15 is 0 Å². The van der Waals surface area contributed by atoms with Crippen molar-refractivity contribution >= 4 is 5.97 Å². The van der Waals surface area contributed by atoms with Crippen LogP contribution in [0.2, 0.25) is 0 Å². The van der Waals surface area contributed by atoms with Gasteiger partial charge in [-0.05, 0) is 26.0 Å². The van der Waals surface area contributed by atoms with E-state index in [0.29, 0.717) is 26.2 Å². The minimum Gasteiger partial charge on any atom is -0.486 e. The first-order valence-electron chi connectivity index (χ1n) is 7.08. The summed E-state index contributed by atoms with van der Waals surface area (Å²) < 4.78 is 16.5. The van der Waals surface area contributed by atoms with Crippen molar-refractivity contribution in [2.45, 2.75) is 32.4 Å². The third-order valence-corrected chi connectivity index (χ3v) is 3.31. The van der Waals surface area contributed by atoms with Crippen LogP contribution in [0.4, 0.5) is 0 Å². The van der Waals surface area contributed by atoms with Crippen LogP contribution in [0.15, 0.2) is 24.3 Å². The van der Waals surface area contributed by atoms with Gasteiger partial charge in [0.15, 0.2) is 17.6 Å². The summed E-state index contributed by atoms with van der Waals surface area (Å²) in [5.41, 5.74) is 0. The Hall–Kier alpha value is -1.75. The van der Waals surface area contributed by atoms with Gasteiger partial charge in [-0.25, -0.2) is 0 Å². The highest BCUT2D eigenvalue weighted by Crippen LogP contribution is 2.31. The Morgan fingerprint density at radius 3 is 2.95 bits per heavy atom. The van der Waals surface area contributed by atoms with Crippen LogP contribution in [0.5, 0.6) is 11.5 Å². The topological polar surface area (TPSA) is 61.4 Å². The predicted octanol–water partition coefficient (Wildman–Crippen LogP) is 0.732. The molecule has 1 aliphatic rings. The zero-order valence-corrected chi connectivity index (χ0v) is 12.0. The van der Waals surface area contributed by atoms with E-state index in [4.69, 9.17) is 14.2 Å². The quantitative estimate of drug-likeness (QED) is 0.780. The second-order valence-electron chi connectivity index (χ2n) is 4.85. The SMILES string of the molecule is CCOC(=O)CC[NH2+][C@H](C)[C@@H]1COc2ccccc2O1. The van der Waals surface area contributed by atoms with Gasteiger partial charge in [0.25, 0.3) is 0 Å². The molecular formula is C15H22NO4+. The summed E-state index contributed by atoms with van der Waals surface area (Å²) in [7, 11) is 0. The molecule has 1 heterocycles. The fourth-order valence-corrected chi connectivity index (χ4v) is 2.14. The summed E-state index contributed by atoms with van der Waals surface area (Å²) in [5, 5.41) is 2.10. The molecule has 1 aliphatic heterocycles. The van der Waals surface area contributed by atoms with Crippen molar-refractivity contribution in [1.29, 1.82) is 0 Å². The summed E-state index contributed by atoms with van der Waals surface area (Å²) in [4.78, 5) is 11.3. The number of carbonyl (C=O) groups is 1. The molecule has 0 aliphatic carbocycles. The van der Waals surface area contributed by atoms with Crippen LogP contribution in [0, 0.1) is 0 Å². The van der Waals surface area contributed by atoms with Crippen LogP contribution < -0.4 is 14.8 Å². The maximum Gasteiger partial charge on any atom is 0.311 e. The molecule has 0 fully saturated rings. The number of hydrogen-bond donors (Lipinski definition) is 1. The minimum absolute atomic E-state index is 0.00732. The molecule has 110 valence electrons. The van der Waals surface area contributed by atoms with Gasteiger partial charge in [0, 0.05) is 0 Å². The smallest absolute Gasteiger partial charge is 0.311 e. The van der Waals surface area contributed by atoms with Crippen molar-refractivity contribution in [1.82, 2.24) is 0 Å². The molecule has 5 heteroatoms.